The van der Waals surface area contributed by atoms with E-state index >= 15 is 0 Å². The van der Waals surface area contributed by atoms with Crippen molar-refractivity contribution in [3.05, 3.63) is 71.8 Å². The summed E-state index contributed by atoms with van der Waals surface area (Å²) in [5.41, 5.74) is 3.52. The van der Waals surface area contributed by atoms with Crippen LogP contribution < -0.4 is 10.2 Å². The molecular formula is C21H20N2O3. The molecule has 0 saturated carbocycles. The maximum absolute atomic E-state index is 12.2. The molecule has 0 aliphatic rings. The van der Waals surface area contributed by atoms with Crippen LogP contribution in [-0.4, -0.2) is 23.8 Å². The first-order valence-corrected chi connectivity index (χ1v) is 8.46. The Hall–Kier alpha value is -3.34. The van der Waals surface area contributed by atoms with Crippen LogP contribution in [0.5, 0.6) is 11.5 Å². The fraction of sp³-hybridized carbons (Fsp3) is 0.143. The number of hydrogen-bond donors (Lipinski definition) is 2. The van der Waals surface area contributed by atoms with Crippen LogP contribution in [0.25, 0.3) is 10.8 Å². The van der Waals surface area contributed by atoms with Gasteiger partial charge in [0.05, 0.1) is 12.8 Å². The smallest absolute Gasteiger partial charge is 0.271 e. The Balaban J connectivity index is 1.71. The van der Waals surface area contributed by atoms with Crippen molar-refractivity contribution in [1.82, 2.24) is 5.43 Å². The van der Waals surface area contributed by atoms with Crippen LogP contribution in [0.15, 0.2) is 65.8 Å². The van der Waals surface area contributed by atoms with E-state index in [1.807, 2.05) is 37.3 Å². The van der Waals surface area contributed by atoms with Gasteiger partial charge in [0.1, 0.15) is 11.5 Å². The molecule has 0 aliphatic carbocycles. The molecule has 0 unspecified atom stereocenters. The number of carbonyl (C=O) groups excluding carboxylic acids is 1. The number of hydrazone groups is 1. The van der Waals surface area contributed by atoms with E-state index in [0.29, 0.717) is 17.7 Å². The molecule has 3 rings (SSSR count). The highest BCUT2D eigenvalue weighted by molar-refractivity contribution is 6.03. The minimum absolute atomic E-state index is 0.110. The second-order valence-corrected chi connectivity index (χ2v) is 5.79. The summed E-state index contributed by atoms with van der Waals surface area (Å²) in [6, 6.07) is 18.0. The van der Waals surface area contributed by atoms with Gasteiger partial charge in [-0.25, -0.2) is 5.43 Å². The molecule has 5 nitrogen and oxygen atoms in total. The number of hydrogen-bond acceptors (Lipinski definition) is 4. The number of phenolic OH excluding ortho intramolecular Hbond substituents is 1. The van der Waals surface area contributed by atoms with Crippen LogP contribution in [0.3, 0.4) is 0 Å². The topological polar surface area (TPSA) is 70.9 Å². The average molecular weight is 348 g/mol. The minimum Gasteiger partial charge on any atom is -0.507 e. The van der Waals surface area contributed by atoms with Crippen LogP contribution in [0.4, 0.5) is 0 Å². The highest BCUT2D eigenvalue weighted by Gasteiger charge is 2.06. The molecule has 0 saturated heterocycles. The second kappa shape index (κ2) is 8.16. The predicted molar refractivity (Wildman–Crippen MR) is 103 cm³/mol. The minimum atomic E-state index is -0.331. The molecule has 3 aromatic rings. The molecule has 0 bridgehead atoms. The van der Waals surface area contributed by atoms with Gasteiger partial charge in [0.25, 0.3) is 5.91 Å². The Morgan fingerprint density at radius 2 is 1.88 bits per heavy atom. The molecule has 1 amide bonds. The maximum atomic E-state index is 12.2. The normalized spacial score (nSPS) is 11.0. The predicted octanol–water partition coefficient (Wildman–Crippen LogP) is 4.10. The number of nitrogens with one attached hydrogen (secondary N) is 1. The number of aromatic hydroxyl groups is 1. The number of benzene rings is 3. The molecule has 0 aliphatic heterocycles. The summed E-state index contributed by atoms with van der Waals surface area (Å²) in [6.45, 7) is 2.68. The van der Waals surface area contributed by atoms with Crippen molar-refractivity contribution >= 4 is 22.9 Å². The summed E-state index contributed by atoms with van der Waals surface area (Å²) >= 11 is 0. The number of phenols is 1. The fourth-order valence-corrected chi connectivity index (χ4v) is 2.56. The first-order valence-electron chi connectivity index (χ1n) is 8.46. The zero-order valence-electron chi connectivity index (χ0n) is 14.5. The average Bonchev–Trinajstić information content (AvgIpc) is 2.68. The van der Waals surface area contributed by atoms with Crippen LogP contribution in [0.2, 0.25) is 0 Å². The van der Waals surface area contributed by atoms with Crippen LogP contribution >= 0.6 is 0 Å². The van der Waals surface area contributed by atoms with E-state index in [0.717, 1.165) is 22.9 Å². The summed E-state index contributed by atoms with van der Waals surface area (Å²) < 4.78 is 5.49. The van der Waals surface area contributed by atoms with Gasteiger partial charge in [0, 0.05) is 11.1 Å². The summed E-state index contributed by atoms with van der Waals surface area (Å²) in [6.07, 6.45) is 2.38. The monoisotopic (exact) mass is 348 g/mol. The lowest BCUT2D eigenvalue weighted by molar-refractivity contribution is 0.0955. The lowest BCUT2D eigenvalue weighted by atomic mass is 10.0. The molecule has 132 valence electrons. The number of carbonyl (C=O) groups is 1. The molecule has 5 heteroatoms. The van der Waals surface area contributed by atoms with Crippen molar-refractivity contribution in [3.63, 3.8) is 0 Å². The molecule has 0 radical (unpaired) electrons. The third-order valence-corrected chi connectivity index (χ3v) is 3.90. The maximum Gasteiger partial charge on any atom is 0.271 e. The van der Waals surface area contributed by atoms with Gasteiger partial charge in [0.15, 0.2) is 0 Å². The van der Waals surface area contributed by atoms with Gasteiger partial charge in [-0.2, -0.15) is 5.10 Å². The van der Waals surface area contributed by atoms with Crippen LogP contribution in [0.1, 0.15) is 29.3 Å². The largest absolute Gasteiger partial charge is 0.507 e. The van der Waals surface area contributed by atoms with Crippen molar-refractivity contribution in [2.75, 3.05) is 6.61 Å². The molecule has 0 atom stereocenters. The number of nitrogens with zero attached hydrogens (tertiary/aromatic N) is 1. The Morgan fingerprint density at radius 3 is 2.65 bits per heavy atom. The van der Waals surface area contributed by atoms with E-state index < -0.39 is 0 Å². The van der Waals surface area contributed by atoms with E-state index in [1.54, 1.807) is 30.3 Å². The van der Waals surface area contributed by atoms with Crippen molar-refractivity contribution in [2.24, 2.45) is 5.10 Å². The molecule has 3 aromatic carbocycles. The molecule has 0 fully saturated rings. The van der Waals surface area contributed by atoms with Crippen molar-refractivity contribution in [1.29, 1.82) is 0 Å². The van der Waals surface area contributed by atoms with E-state index in [4.69, 9.17) is 4.74 Å². The highest BCUT2D eigenvalue weighted by Crippen LogP contribution is 2.25. The lowest BCUT2D eigenvalue weighted by Crippen LogP contribution is -2.17. The van der Waals surface area contributed by atoms with Crippen LogP contribution in [0, 0.1) is 0 Å². The zero-order chi connectivity index (χ0) is 18.4. The van der Waals surface area contributed by atoms with Gasteiger partial charge >= 0.3 is 0 Å². The van der Waals surface area contributed by atoms with Gasteiger partial charge in [-0.15, -0.1) is 0 Å². The Kier molecular flexibility index (Phi) is 5.49. The van der Waals surface area contributed by atoms with Crippen molar-refractivity contribution in [2.45, 2.75) is 13.3 Å². The molecule has 26 heavy (non-hydrogen) atoms. The van der Waals surface area contributed by atoms with Gasteiger partial charge in [0.2, 0.25) is 0 Å². The SMILES string of the molecule is CCCOc1ccc(C(=O)N/N=C/c2c(O)ccc3ccccc23)cc1. The van der Waals surface area contributed by atoms with Crippen molar-refractivity contribution in [3.8, 4) is 11.5 Å². The molecule has 0 heterocycles. The Labute approximate surface area is 151 Å². The first kappa shape index (κ1) is 17.5. The quantitative estimate of drug-likeness (QED) is 0.520. The zero-order valence-corrected chi connectivity index (χ0v) is 14.5. The first-order chi connectivity index (χ1) is 12.7. The molecule has 2 N–H and O–H groups in total. The van der Waals surface area contributed by atoms with Gasteiger partial charge in [-0.3, -0.25) is 4.79 Å². The second-order valence-electron chi connectivity index (χ2n) is 5.79. The van der Waals surface area contributed by atoms with E-state index in [-0.39, 0.29) is 11.7 Å². The number of rotatable bonds is 6. The van der Waals surface area contributed by atoms with Gasteiger partial charge in [-0.05, 0) is 47.5 Å². The Bertz CT molecular complexity index is 934. The van der Waals surface area contributed by atoms with Crippen LogP contribution in [-0.2, 0) is 0 Å². The number of amides is 1. The summed E-state index contributed by atoms with van der Waals surface area (Å²) in [4.78, 5) is 12.2. The molecular weight excluding hydrogens is 328 g/mol. The Morgan fingerprint density at radius 1 is 1.12 bits per heavy atom. The third kappa shape index (κ3) is 4.00. The van der Waals surface area contributed by atoms with Gasteiger partial charge < -0.3 is 9.84 Å². The fourth-order valence-electron chi connectivity index (χ4n) is 2.56. The highest BCUT2D eigenvalue weighted by atomic mass is 16.5. The van der Waals surface area contributed by atoms with E-state index in [9.17, 15) is 9.90 Å². The standard InChI is InChI=1S/C21H20N2O3/c1-2-13-26-17-10-7-16(8-11-17)21(25)23-22-14-19-18-6-4-3-5-15(18)9-12-20(19)24/h3-12,14,24H,2,13H2,1H3,(H,23,25)/b22-14+. The third-order valence-electron chi connectivity index (χ3n) is 3.90. The number of ether oxygens (including phenoxy) is 1. The summed E-state index contributed by atoms with van der Waals surface area (Å²) in [5, 5.41) is 15.9. The van der Waals surface area contributed by atoms with E-state index in [2.05, 4.69) is 10.5 Å². The summed E-state index contributed by atoms with van der Waals surface area (Å²) in [7, 11) is 0. The van der Waals surface area contributed by atoms with Gasteiger partial charge in [-0.1, -0.05) is 37.3 Å². The van der Waals surface area contributed by atoms with Crippen molar-refractivity contribution < 1.29 is 14.6 Å². The molecule has 0 aromatic heterocycles. The summed E-state index contributed by atoms with van der Waals surface area (Å²) in [5.74, 6) is 0.509. The lowest BCUT2D eigenvalue weighted by Gasteiger charge is -2.06. The van der Waals surface area contributed by atoms with E-state index in [1.165, 1.54) is 6.21 Å². The number of fused-ring (bicyclic) bond motifs is 1. The molecule has 0 spiro atoms.